The van der Waals surface area contributed by atoms with Crippen LogP contribution in [0.1, 0.15) is 32.1 Å². The third kappa shape index (κ3) is 4.49. The number of anilines is 1. The zero-order valence-electron chi connectivity index (χ0n) is 15.9. The van der Waals surface area contributed by atoms with Gasteiger partial charge in [0, 0.05) is 38.1 Å². The van der Waals surface area contributed by atoms with Crippen LogP contribution in [-0.2, 0) is 14.1 Å². The summed E-state index contributed by atoms with van der Waals surface area (Å²) in [6, 6.07) is 5.04. The zero-order valence-corrected chi connectivity index (χ0v) is 15.9. The van der Waals surface area contributed by atoms with E-state index < -0.39 is 0 Å². The van der Waals surface area contributed by atoms with E-state index >= 15 is 0 Å². The molecule has 3 aromatic heterocycles. The van der Waals surface area contributed by atoms with Gasteiger partial charge in [-0.15, -0.1) is 0 Å². The number of nitrogens with one attached hydrogen (secondary N) is 2. The number of carbonyl (C=O) groups is 1. The van der Waals surface area contributed by atoms with E-state index in [1.807, 2.05) is 25.2 Å². The Labute approximate surface area is 157 Å². The van der Waals surface area contributed by atoms with Gasteiger partial charge in [-0.3, -0.25) is 19.7 Å². The second kappa shape index (κ2) is 7.98. The van der Waals surface area contributed by atoms with Crippen molar-refractivity contribution in [3.05, 3.63) is 42.7 Å². The maximum Gasteiger partial charge on any atom is 0.320 e. The molecule has 3 heterocycles. The van der Waals surface area contributed by atoms with Crippen molar-refractivity contribution < 1.29 is 4.79 Å². The molecule has 9 nitrogen and oxygen atoms in total. The molecule has 0 aliphatic carbocycles. The van der Waals surface area contributed by atoms with Crippen LogP contribution in [0.5, 0.6) is 0 Å². The van der Waals surface area contributed by atoms with Crippen LogP contribution in [0.4, 0.5) is 10.6 Å². The molecule has 142 valence electrons. The molecule has 1 atom stereocenters. The van der Waals surface area contributed by atoms with Crippen LogP contribution in [0.2, 0.25) is 0 Å². The third-order valence-electron chi connectivity index (χ3n) is 4.15. The lowest BCUT2D eigenvalue weighted by molar-refractivity contribution is 0.245. The maximum absolute atomic E-state index is 12.6. The van der Waals surface area contributed by atoms with Gasteiger partial charge in [0.15, 0.2) is 0 Å². The number of nitrogens with zero attached hydrogens (tertiary/aromatic N) is 6. The third-order valence-corrected chi connectivity index (χ3v) is 4.15. The van der Waals surface area contributed by atoms with Gasteiger partial charge >= 0.3 is 6.03 Å². The van der Waals surface area contributed by atoms with E-state index in [0.717, 1.165) is 23.5 Å². The van der Waals surface area contributed by atoms with Crippen LogP contribution >= 0.6 is 0 Å². The van der Waals surface area contributed by atoms with Crippen LogP contribution < -0.4 is 10.6 Å². The number of aryl methyl sites for hydroxylation is 2. The zero-order chi connectivity index (χ0) is 19.4. The largest absolute Gasteiger partial charge is 0.328 e. The SMILES string of the molecule is CC(C)C[C@H](NC(=O)Nc1cc(-c2cccnc2)nn1C)c1ncnn1C. The quantitative estimate of drug-likeness (QED) is 0.696. The summed E-state index contributed by atoms with van der Waals surface area (Å²) in [4.78, 5) is 21.0. The molecular weight excluding hydrogens is 344 g/mol. The van der Waals surface area contributed by atoms with Gasteiger partial charge in [-0.1, -0.05) is 13.8 Å². The summed E-state index contributed by atoms with van der Waals surface area (Å²) in [5.74, 6) is 1.70. The van der Waals surface area contributed by atoms with Crippen LogP contribution in [0.25, 0.3) is 11.3 Å². The minimum Gasteiger partial charge on any atom is -0.328 e. The van der Waals surface area contributed by atoms with E-state index in [2.05, 4.69) is 44.6 Å². The molecule has 0 radical (unpaired) electrons. The van der Waals surface area contributed by atoms with Crippen molar-refractivity contribution in [1.82, 2.24) is 34.8 Å². The van der Waals surface area contributed by atoms with Crippen molar-refractivity contribution in [2.24, 2.45) is 20.0 Å². The number of pyridine rings is 1. The van der Waals surface area contributed by atoms with Crippen molar-refractivity contribution >= 4 is 11.8 Å². The van der Waals surface area contributed by atoms with Crippen molar-refractivity contribution in [3.8, 4) is 11.3 Å². The van der Waals surface area contributed by atoms with Crippen molar-refractivity contribution in [3.63, 3.8) is 0 Å². The highest BCUT2D eigenvalue weighted by Crippen LogP contribution is 2.21. The molecule has 3 rings (SSSR count). The van der Waals surface area contributed by atoms with E-state index in [-0.39, 0.29) is 12.1 Å². The van der Waals surface area contributed by atoms with Gasteiger partial charge in [-0.2, -0.15) is 10.2 Å². The van der Waals surface area contributed by atoms with Gasteiger partial charge in [0.1, 0.15) is 18.0 Å². The molecule has 0 saturated heterocycles. The van der Waals surface area contributed by atoms with Gasteiger partial charge in [0.25, 0.3) is 0 Å². The Kier molecular flexibility index (Phi) is 5.49. The average molecular weight is 368 g/mol. The standard InChI is InChI=1S/C18H24N8O/c1-12(2)8-15(17-20-11-21-26(17)4)22-18(27)23-16-9-14(24-25(16)3)13-6-5-7-19-10-13/h5-7,9-12,15H,8H2,1-4H3,(H2,22,23,27)/t15-/m0/s1. The normalized spacial score (nSPS) is 12.2. The number of hydrogen-bond acceptors (Lipinski definition) is 5. The molecule has 2 N–H and O–H groups in total. The van der Waals surface area contributed by atoms with E-state index in [0.29, 0.717) is 11.7 Å². The average Bonchev–Trinajstić information content (AvgIpc) is 3.21. The Hall–Kier alpha value is -3.23. The van der Waals surface area contributed by atoms with Gasteiger partial charge in [-0.05, 0) is 24.5 Å². The highest BCUT2D eigenvalue weighted by molar-refractivity contribution is 5.89. The first kappa shape index (κ1) is 18.6. The first-order valence-electron chi connectivity index (χ1n) is 8.80. The maximum atomic E-state index is 12.6. The van der Waals surface area contributed by atoms with Crippen LogP contribution in [-0.4, -0.2) is 35.6 Å². The minimum absolute atomic E-state index is 0.233. The Balaban J connectivity index is 1.73. The van der Waals surface area contributed by atoms with Gasteiger partial charge in [0.2, 0.25) is 0 Å². The van der Waals surface area contributed by atoms with E-state index in [1.165, 1.54) is 6.33 Å². The molecule has 2 amide bonds. The fraction of sp³-hybridized carbons (Fsp3) is 0.389. The minimum atomic E-state index is -0.315. The second-order valence-electron chi connectivity index (χ2n) is 6.80. The molecule has 27 heavy (non-hydrogen) atoms. The lowest BCUT2D eigenvalue weighted by atomic mass is 10.0. The number of aromatic nitrogens is 6. The monoisotopic (exact) mass is 368 g/mol. The number of carbonyl (C=O) groups excluding carboxylic acids is 1. The Morgan fingerprint density at radius 3 is 2.70 bits per heavy atom. The predicted octanol–water partition coefficient (Wildman–Crippen LogP) is 2.52. The second-order valence-corrected chi connectivity index (χ2v) is 6.80. The molecule has 0 aromatic carbocycles. The molecule has 9 heteroatoms. The summed E-state index contributed by atoms with van der Waals surface area (Å²) in [7, 11) is 3.60. The summed E-state index contributed by atoms with van der Waals surface area (Å²) >= 11 is 0. The van der Waals surface area contributed by atoms with Crippen LogP contribution in [0.3, 0.4) is 0 Å². The van der Waals surface area contributed by atoms with Gasteiger partial charge < -0.3 is 5.32 Å². The van der Waals surface area contributed by atoms with Crippen LogP contribution in [0, 0.1) is 5.92 Å². The topological polar surface area (TPSA) is 103 Å². The summed E-state index contributed by atoms with van der Waals surface area (Å²) < 4.78 is 3.31. The highest BCUT2D eigenvalue weighted by Gasteiger charge is 2.21. The van der Waals surface area contributed by atoms with E-state index in [1.54, 1.807) is 28.8 Å². The molecule has 0 fully saturated rings. The Bertz CT molecular complexity index is 899. The molecule has 0 spiro atoms. The van der Waals surface area contributed by atoms with Crippen molar-refractivity contribution in [2.45, 2.75) is 26.3 Å². The van der Waals surface area contributed by atoms with Crippen molar-refractivity contribution in [2.75, 3.05) is 5.32 Å². The molecule has 3 aromatic rings. The van der Waals surface area contributed by atoms with Gasteiger partial charge in [-0.25, -0.2) is 9.78 Å². The highest BCUT2D eigenvalue weighted by atomic mass is 16.2. The predicted molar refractivity (Wildman–Crippen MR) is 102 cm³/mol. The first-order valence-corrected chi connectivity index (χ1v) is 8.80. The Morgan fingerprint density at radius 2 is 2.07 bits per heavy atom. The number of hydrogen-bond donors (Lipinski definition) is 2. The fourth-order valence-electron chi connectivity index (χ4n) is 2.87. The summed E-state index contributed by atoms with van der Waals surface area (Å²) in [5, 5.41) is 14.4. The lowest BCUT2D eigenvalue weighted by Crippen LogP contribution is -2.35. The molecule has 0 aliphatic heterocycles. The summed E-state index contributed by atoms with van der Waals surface area (Å²) in [6.45, 7) is 4.20. The summed E-state index contributed by atoms with van der Waals surface area (Å²) in [6.07, 6.45) is 5.69. The number of rotatable bonds is 6. The number of urea groups is 1. The molecule has 0 bridgehead atoms. The molecular formula is C18H24N8O. The van der Waals surface area contributed by atoms with Gasteiger partial charge in [0.05, 0.1) is 11.7 Å². The van der Waals surface area contributed by atoms with E-state index in [4.69, 9.17) is 0 Å². The Morgan fingerprint density at radius 1 is 1.26 bits per heavy atom. The van der Waals surface area contributed by atoms with E-state index in [9.17, 15) is 4.79 Å². The van der Waals surface area contributed by atoms with Crippen LogP contribution in [0.15, 0.2) is 36.9 Å². The molecule has 0 unspecified atom stereocenters. The fourth-order valence-corrected chi connectivity index (χ4v) is 2.87. The smallest absolute Gasteiger partial charge is 0.320 e. The molecule has 0 saturated carbocycles. The summed E-state index contributed by atoms with van der Waals surface area (Å²) in [5.41, 5.74) is 1.63. The van der Waals surface area contributed by atoms with Crippen molar-refractivity contribution in [1.29, 1.82) is 0 Å². The lowest BCUT2D eigenvalue weighted by Gasteiger charge is -2.20. The molecule has 0 aliphatic rings. The first-order chi connectivity index (χ1) is 12.9. The number of amides is 2.